The normalized spacial score (nSPS) is 12.4. The van der Waals surface area contributed by atoms with Gasteiger partial charge in [0.05, 0.1) is 13.2 Å². The third-order valence-corrected chi connectivity index (χ3v) is 1.07. The van der Waals surface area contributed by atoms with E-state index in [0.717, 1.165) is 13.2 Å². The van der Waals surface area contributed by atoms with Crippen molar-refractivity contribution in [2.45, 2.75) is 61.4 Å². The topological polar surface area (TPSA) is 35.2 Å². The van der Waals surface area contributed by atoms with Crippen LogP contribution in [0.25, 0.3) is 0 Å². The molecule has 0 fully saturated rings. The lowest BCUT2D eigenvalue weighted by Gasteiger charge is -2.23. The van der Waals surface area contributed by atoms with Crippen LogP contribution < -0.4 is 5.73 Å². The summed E-state index contributed by atoms with van der Waals surface area (Å²) in [6.07, 6.45) is 0. The summed E-state index contributed by atoms with van der Waals surface area (Å²) in [6.45, 7) is 18.7. The van der Waals surface area contributed by atoms with E-state index in [-0.39, 0.29) is 0 Å². The first kappa shape index (κ1) is 17.3. The van der Waals surface area contributed by atoms with Crippen molar-refractivity contribution in [3.05, 3.63) is 0 Å². The van der Waals surface area contributed by atoms with Crippen LogP contribution in [-0.4, -0.2) is 19.3 Å². The van der Waals surface area contributed by atoms with E-state index in [1.165, 1.54) is 0 Å². The van der Waals surface area contributed by atoms with Gasteiger partial charge in [0.25, 0.3) is 0 Å². The van der Waals surface area contributed by atoms with Gasteiger partial charge < -0.3 is 10.5 Å². The van der Waals surface area contributed by atoms with Crippen LogP contribution in [0.1, 0.15) is 55.4 Å². The SMILES string of the molecule is CC(C)(C)COCC(C)(C)C.CC(C)N. The van der Waals surface area contributed by atoms with Crippen LogP contribution in [-0.2, 0) is 4.74 Å². The quantitative estimate of drug-likeness (QED) is 0.769. The van der Waals surface area contributed by atoms with Gasteiger partial charge >= 0.3 is 0 Å². The van der Waals surface area contributed by atoms with Gasteiger partial charge in [-0.25, -0.2) is 0 Å². The van der Waals surface area contributed by atoms with Crippen LogP contribution in [0.15, 0.2) is 0 Å². The number of hydrogen-bond acceptors (Lipinski definition) is 2. The third-order valence-electron chi connectivity index (χ3n) is 1.07. The first-order valence-electron chi connectivity index (χ1n) is 5.77. The molecular weight excluding hydrogens is 186 g/mol. The molecule has 2 heteroatoms. The molecule has 0 atom stereocenters. The minimum atomic E-state index is 0.297. The van der Waals surface area contributed by atoms with Gasteiger partial charge in [-0.05, 0) is 16.9 Å². The number of hydrogen-bond donors (Lipinski definition) is 1. The molecule has 0 aliphatic heterocycles. The minimum Gasteiger partial charge on any atom is -0.380 e. The highest BCUT2D eigenvalue weighted by atomic mass is 16.5. The van der Waals surface area contributed by atoms with Gasteiger partial charge in [0.1, 0.15) is 0 Å². The lowest BCUT2D eigenvalue weighted by atomic mass is 9.97. The fourth-order valence-corrected chi connectivity index (χ4v) is 0.663. The molecule has 0 rings (SSSR count). The van der Waals surface area contributed by atoms with Crippen LogP contribution in [0, 0.1) is 10.8 Å². The second kappa shape index (κ2) is 7.24. The van der Waals surface area contributed by atoms with Crippen LogP contribution >= 0.6 is 0 Å². The molecule has 0 radical (unpaired) electrons. The van der Waals surface area contributed by atoms with Crippen molar-refractivity contribution in [2.75, 3.05) is 13.2 Å². The summed E-state index contributed by atoms with van der Waals surface area (Å²) >= 11 is 0. The summed E-state index contributed by atoms with van der Waals surface area (Å²) in [6, 6.07) is 0.333. The molecule has 0 aromatic rings. The molecule has 0 aliphatic carbocycles. The van der Waals surface area contributed by atoms with Gasteiger partial charge in [-0.1, -0.05) is 55.4 Å². The molecule has 2 N–H and O–H groups in total. The van der Waals surface area contributed by atoms with Crippen molar-refractivity contribution < 1.29 is 4.74 Å². The van der Waals surface area contributed by atoms with E-state index in [2.05, 4.69) is 41.5 Å². The Balaban J connectivity index is 0. The average molecular weight is 217 g/mol. The summed E-state index contributed by atoms with van der Waals surface area (Å²) in [5, 5.41) is 0. The predicted molar refractivity (Wildman–Crippen MR) is 69.1 cm³/mol. The summed E-state index contributed by atoms with van der Waals surface area (Å²) in [5.41, 5.74) is 5.70. The third kappa shape index (κ3) is 31.5. The van der Waals surface area contributed by atoms with Crippen molar-refractivity contribution in [1.82, 2.24) is 0 Å². The van der Waals surface area contributed by atoms with E-state index in [1.54, 1.807) is 0 Å². The lowest BCUT2D eigenvalue weighted by Crippen LogP contribution is -2.21. The molecule has 0 saturated carbocycles. The number of rotatable bonds is 2. The van der Waals surface area contributed by atoms with Crippen molar-refractivity contribution in [1.29, 1.82) is 0 Å². The Morgan fingerprint density at radius 1 is 0.867 bits per heavy atom. The zero-order chi connectivity index (χ0) is 12.7. The lowest BCUT2D eigenvalue weighted by molar-refractivity contribution is 0.0275. The Hall–Kier alpha value is -0.0800. The molecule has 0 amide bonds. The highest BCUT2D eigenvalue weighted by Crippen LogP contribution is 2.17. The molecule has 0 heterocycles. The average Bonchev–Trinajstić information content (AvgIpc) is 1.77. The largest absolute Gasteiger partial charge is 0.380 e. The van der Waals surface area contributed by atoms with Crippen molar-refractivity contribution in [2.24, 2.45) is 16.6 Å². The zero-order valence-corrected chi connectivity index (χ0v) is 12.0. The second-order valence-electron chi connectivity index (χ2n) is 6.86. The predicted octanol–water partition coefficient (Wildman–Crippen LogP) is 3.45. The highest BCUT2D eigenvalue weighted by molar-refractivity contribution is 4.63. The summed E-state index contributed by atoms with van der Waals surface area (Å²) < 4.78 is 5.56. The second-order valence-corrected chi connectivity index (χ2v) is 6.86. The van der Waals surface area contributed by atoms with Gasteiger partial charge in [0.15, 0.2) is 0 Å². The number of nitrogens with two attached hydrogens (primary N) is 1. The van der Waals surface area contributed by atoms with Gasteiger partial charge in [-0.15, -0.1) is 0 Å². The van der Waals surface area contributed by atoms with Crippen molar-refractivity contribution in [3.63, 3.8) is 0 Å². The van der Waals surface area contributed by atoms with E-state index in [1.807, 2.05) is 13.8 Å². The fraction of sp³-hybridized carbons (Fsp3) is 1.00. The Bertz CT molecular complexity index is 123. The monoisotopic (exact) mass is 217 g/mol. The molecule has 0 spiro atoms. The molecule has 0 unspecified atom stereocenters. The molecule has 0 aromatic carbocycles. The van der Waals surface area contributed by atoms with E-state index < -0.39 is 0 Å². The molecule has 2 nitrogen and oxygen atoms in total. The maximum Gasteiger partial charge on any atom is 0.0514 e. The van der Waals surface area contributed by atoms with Crippen LogP contribution in [0.3, 0.4) is 0 Å². The number of ether oxygens (including phenoxy) is 1. The standard InChI is InChI=1S/C10H22O.C3H9N/c1-9(2,3)7-11-8-10(4,5)6;1-3(2)4/h7-8H2,1-6H3;3H,4H2,1-2H3. The Kier molecular flexibility index (Phi) is 8.35. The molecule has 0 aromatic heterocycles. The molecule has 0 saturated heterocycles. The van der Waals surface area contributed by atoms with Crippen LogP contribution in [0.2, 0.25) is 0 Å². The summed E-state index contributed by atoms with van der Waals surface area (Å²) in [5.74, 6) is 0. The molecule has 15 heavy (non-hydrogen) atoms. The first-order chi connectivity index (χ1) is 6.44. The molecule has 94 valence electrons. The molecule has 0 aliphatic rings. The van der Waals surface area contributed by atoms with E-state index in [4.69, 9.17) is 10.5 Å². The van der Waals surface area contributed by atoms with Gasteiger partial charge in [-0.3, -0.25) is 0 Å². The highest BCUT2D eigenvalue weighted by Gasteiger charge is 2.14. The Morgan fingerprint density at radius 2 is 1.07 bits per heavy atom. The Labute approximate surface area is 96.6 Å². The van der Waals surface area contributed by atoms with Crippen LogP contribution in [0.5, 0.6) is 0 Å². The fourth-order valence-electron chi connectivity index (χ4n) is 0.663. The summed E-state index contributed by atoms with van der Waals surface area (Å²) in [4.78, 5) is 0. The smallest absolute Gasteiger partial charge is 0.0514 e. The zero-order valence-electron chi connectivity index (χ0n) is 12.0. The molecule has 0 bridgehead atoms. The van der Waals surface area contributed by atoms with Crippen molar-refractivity contribution >= 4 is 0 Å². The van der Waals surface area contributed by atoms with E-state index >= 15 is 0 Å². The van der Waals surface area contributed by atoms with E-state index in [0.29, 0.717) is 16.9 Å². The van der Waals surface area contributed by atoms with E-state index in [9.17, 15) is 0 Å². The van der Waals surface area contributed by atoms with Gasteiger partial charge in [0, 0.05) is 0 Å². The minimum absolute atomic E-state index is 0.297. The Morgan fingerprint density at radius 3 is 1.20 bits per heavy atom. The first-order valence-corrected chi connectivity index (χ1v) is 5.77. The molecular formula is C13H31NO. The van der Waals surface area contributed by atoms with Crippen molar-refractivity contribution in [3.8, 4) is 0 Å². The maximum absolute atomic E-state index is 5.56. The summed E-state index contributed by atoms with van der Waals surface area (Å²) in [7, 11) is 0. The maximum atomic E-state index is 5.56. The van der Waals surface area contributed by atoms with Crippen LogP contribution in [0.4, 0.5) is 0 Å². The van der Waals surface area contributed by atoms with Gasteiger partial charge in [0.2, 0.25) is 0 Å². The van der Waals surface area contributed by atoms with Gasteiger partial charge in [-0.2, -0.15) is 0 Å².